The van der Waals surface area contributed by atoms with Crippen molar-refractivity contribution in [2.24, 2.45) is 10.8 Å². The first kappa shape index (κ1) is 35.7. The summed E-state index contributed by atoms with van der Waals surface area (Å²) in [5.74, 6) is -1.36. The van der Waals surface area contributed by atoms with E-state index in [-0.39, 0.29) is 10.8 Å². The Bertz CT molecular complexity index is 1250. The molecule has 0 atom stereocenters. The lowest BCUT2D eigenvalue weighted by Gasteiger charge is -2.33. The van der Waals surface area contributed by atoms with E-state index in [0.29, 0.717) is 11.1 Å². The van der Waals surface area contributed by atoms with Gasteiger partial charge in [0.05, 0.1) is 0 Å². The maximum absolute atomic E-state index is 12.2. The third-order valence-corrected chi connectivity index (χ3v) is 8.44. The number of esters is 2. The molecule has 0 heterocycles. The highest BCUT2D eigenvalue weighted by Crippen LogP contribution is 2.41. The van der Waals surface area contributed by atoms with Gasteiger partial charge in [-0.05, 0) is 113 Å². The first-order valence-electron chi connectivity index (χ1n) is 15.7. The van der Waals surface area contributed by atoms with Crippen LogP contribution < -0.4 is 0 Å². The first-order valence-corrected chi connectivity index (χ1v) is 15.7. The van der Waals surface area contributed by atoms with Crippen molar-refractivity contribution in [2.45, 2.75) is 108 Å². The van der Waals surface area contributed by atoms with Crippen LogP contribution in [0.1, 0.15) is 108 Å². The van der Waals surface area contributed by atoms with Crippen molar-refractivity contribution < 1.29 is 14.3 Å². The zero-order chi connectivity index (χ0) is 32.2. The van der Waals surface area contributed by atoms with Gasteiger partial charge in [-0.2, -0.15) is 0 Å². The van der Waals surface area contributed by atoms with Crippen molar-refractivity contribution in [2.75, 3.05) is 0 Å². The maximum atomic E-state index is 12.2. The minimum atomic E-state index is -0.682. The topological polar surface area (TPSA) is 43.4 Å². The molecule has 0 fully saturated rings. The van der Waals surface area contributed by atoms with Gasteiger partial charge in [0, 0.05) is 12.2 Å². The minimum absolute atomic E-state index is 0.215. The molecule has 0 aromatic rings. The fourth-order valence-electron chi connectivity index (χ4n) is 5.89. The third-order valence-electron chi connectivity index (χ3n) is 8.44. The van der Waals surface area contributed by atoms with Crippen LogP contribution in [0.25, 0.3) is 0 Å². The molecule has 0 spiro atoms. The van der Waals surface area contributed by atoms with E-state index in [1.807, 2.05) is 36.5 Å². The second kappa shape index (κ2) is 16.4. The summed E-state index contributed by atoms with van der Waals surface area (Å²) in [7, 11) is 0. The smallest absolute Gasteiger partial charge is 0.338 e. The fourth-order valence-corrected chi connectivity index (χ4v) is 5.89. The number of carbonyl (C=O) groups excluding carboxylic acids is 2. The molecule has 0 aliphatic heterocycles. The van der Waals surface area contributed by atoms with Gasteiger partial charge >= 0.3 is 11.9 Å². The summed E-state index contributed by atoms with van der Waals surface area (Å²) < 4.78 is 4.96. The highest BCUT2D eigenvalue weighted by atomic mass is 16.6. The molecular formula is C40H54O3. The second-order valence-corrected chi connectivity index (χ2v) is 13.6. The Morgan fingerprint density at radius 2 is 0.977 bits per heavy atom. The first-order chi connectivity index (χ1) is 20.1. The summed E-state index contributed by atoms with van der Waals surface area (Å²) in [6.45, 7) is 21.5. The number of ether oxygens (including phenoxy) is 1. The van der Waals surface area contributed by atoms with Gasteiger partial charge in [-0.25, -0.2) is 9.59 Å². The lowest BCUT2D eigenvalue weighted by molar-refractivity contribution is -0.152. The Kier molecular flexibility index (Phi) is 13.6. The summed E-state index contributed by atoms with van der Waals surface area (Å²) in [5, 5.41) is 0. The van der Waals surface area contributed by atoms with Gasteiger partial charge in [0.2, 0.25) is 0 Å². The predicted molar refractivity (Wildman–Crippen MR) is 183 cm³/mol. The number of carbonyl (C=O) groups is 2. The van der Waals surface area contributed by atoms with E-state index in [2.05, 4.69) is 79.7 Å². The molecule has 3 nitrogen and oxygen atoms in total. The Morgan fingerprint density at radius 1 is 0.605 bits per heavy atom. The summed E-state index contributed by atoms with van der Waals surface area (Å²) in [4.78, 5) is 24.5. The minimum Gasteiger partial charge on any atom is -0.387 e. The molecule has 0 saturated heterocycles. The highest BCUT2D eigenvalue weighted by molar-refractivity contribution is 5.97. The molecular weight excluding hydrogens is 528 g/mol. The highest BCUT2D eigenvalue weighted by Gasteiger charge is 2.27. The molecule has 0 aromatic heterocycles. The number of allylic oxidation sites excluding steroid dienone is 18. The van der Waals surface area contributed by atoms with Crippen molar-refractivity contribution in [1.29, 1.82) is 0 Å². The van der Waals surface area contributed by atoms with Gasteiger partial charge in [-0.1, -0.05) is 111 Å². The quantitative estimate of drug-likeness (QED) is 0.111. The van der Waals surface area contributed by atoms with Crippen LogP contribution in [-0.4, -0.2) is 11.9 Å². The van der Waals surface area contributed by atoms with E-state index < -0.39 is 11.9 Å². The average Bonchev–Trinajstić information content (AvgIpc) is 2.87. The van der Waals surface area contributed by atoms with Crippen LogP contribution in [0, 0.1) is 10.8 Å². The molecule has 2 rings (SSSR count). The van der Waals surface area contributed by atoms with Gasteiger partial charge in [0.15, 0.2) is 0 Å². The van der Waals surface area contributed by atoms with E-state index in [9.17, 15) is 9.59 Å². The predicted octanol–water partition coefficient (Wildman–Crippen LogP) is 11.1. The zero-order valence-electron chi connectivity index (χ0n) is 28.4. The van der Waals surface area contributed by atoms with Crippen LogP contribution in [0.3, 0.4) is 0 Å². The fraction of sp³-hybridized carbons (Fsp3) is 0.450. The number of hydrogen-bond donors (Lipinski definition) is 0. The SMILES string of the molecule is CC1=C(/C=C/C(C)=C/C=C/C(C)=C/C(=O)OC(=O)/C=C(C)/C=C/C=C(C)/C=C/C2=C(C)CCCC2(C)C)C(C)(C)CCC1. The molecule has 43 heavy (non-hydrogen) atoms. The molecule has 232 valence electrons. The van der Waals surface area contributed by atoms with Crippen LogP contribution in [0.5, 0.6) is 0 Å². The summed E-state index contributed by atoms with van der Waals surface area (Å²) in [6.07, 6.45) is 30.2. The molecule has 3 heteroatoms. The van der Waals surface area contributed by atoms with Crippen molar-refractivity contribution in [3.8, 4) is 0 Å². The van der Waals surface area contributed by atoms with Crippen LogP contribution in [0.2, 0.25) is 0 Å². The molecule has 0 N–H and O–H groups in total. The van der Waals surface area contributed by atoms with E-state index in [4.69, 9.17) is 4.74 Å². The summed E-state index contributed by atoms with van der Waals surface area (Å²) >= 11 is 0. The molecule has 2 aliphatic rings. The van der Waals surface area contributed by atoms with Crippen LogP contribution >= 0.6 is 0 Å². The van der Waals surface area contributed by atoms with Gasteiger partial charge < -0.3 is 4.74 Å². The molecule has 0 saturated carbocycles. The molecule has 0 amide bonds. The number of hydrogen-bond acceptors (Lipinski definition) is 3. The van der Waals surface area contributed by atoms with Crippen LogP contribution in [0.15, 0.2) is 117 Å². The van der Waals surface area contributed by atoms with Gasteiger partial charge in [0.25, 0.3) is 0 Å². The van der Waals surface area contributed by atoms with E-state index in [1.54, 1.807) is 13.8 Å². The molecule has 0 aromatic carbocycles. The molecule has 0 radical (unpaired) electrons. The Balaban J connectivity index is 1.90. The van der Waals surface area contributed by atoms with Crippen LogP contribution in [0.4, 0.5) is 0 Å². The lowest BCUT2D eigenvalue weighted by atomic mass is 9.72. The second-order valence-electron chi connectivity index (χ2n) is 13.6. The van der Waals surface area contributed by atoms with Crippen molar-refractivity contribution in [1.82, 2.24) is 0 Å². The van der Waals surface area contributed by atoms with Crippen molar-refractivity contribution >= 4 is 11.9 Å². The third kappa shape index (κ3) is 12.4. The monoisotopic (exact) mass is 582 g/mol. The molecule has 0 bridgehead atoms. The largest absolute Gasteiger partial charge is 0.387 e. The summed E-state index contributed by atoms with van der Waals surface area (Å²) in [5.41, 5.74) is 9.91. The number of rotatable bonds is 10. The van der Waals surface area contributed by atoms with Gasteiger partial charge in [-0.3, -0.25) is 0 Å². The lowest BCUT2D eigenvalue weighted by Crippen LogP contribution is -2.19. The van der Waals surface area contributed by atoms with E-state index in [0.717, 1.165) is 11.1 Å². The standard InChI is InChI=1S/C40H54O3/c1-29(21-23-35-33(5)19-13-25-39(35,7)8)15-11-17-31(3)27-37(41)43-38(42)28-32(4)18-12-16-30(2)22-24-36-34(6)20-14-26-40(36,9)10/h11-12,15-18,21-24,27-28H,13-14,19-20,25-26H2,1-10H3/b17-11+,18-12+,23-21+,24-22+,29-15+,30-16+,31-27+,32-28+. The average molecular weight is 583 g/mol. The molecule has 0 unspecified atom stereocenters. The normalized spacial score (nSPS) is 20.8. The maximum Gasteiger partial charge on any atom is 0.338 e. The summed E-state index contributed by atoms with van der Waals surface area (Å²) in [6, 6.07) is 0. The van der Waals surface area contributed by atoms with E-state index >= 15 is 0 Å². The van der Waals surface area contributed by atoms with Crippen molar-refractivity contribution in [3.63, 3.8) is 0 Å². The van der Waals surface area contributed by atoms with Crippen LogP contribution in [-0.2, 0) is 14.3 Å². The molecule has 2 aliphatic carbocycles. The Hall–Kier alpha value is -3.46. The zero-order valence-corrected chi connectivity index (χ0v) is 28.4. The van der Waals surface area contributed by atoms with Gasteiger partial charge in [0.1, 0.15) is 0 Å². The Labute approximate surface area is 262 Å². The van der Waals surface area contributed by atoms with E-state index in [1.165, 1.54) is 73.0 Å². The Morgan fingerprint density at radius 3 is 1.33 bits per heavy atom. The van der Waals surface area contributed by atoms with Crippen molar-refractivity contribution in [3.05, 3.63) is 117 Å². The van der Waals surface area contributed by atoms with Gasteiger partial charge in [-0.15, -0.1) is 0 Å².